The van der Waals surface area contributed by atoms with Crippen LogP contribution in [-0.4, -0.2) is 5.78 Å². The molecule has 0 aromatic heterocycles. The van der Waals surface area contributed by atoms with Crippen LogP contribution >= 0.6 is 0 Å². The number of hydrogen-bond donors (Lipinski definition) is 0. The lowest BCUT2D eigenvalue weighted by Gasteiger charge is -1.95. The van der Waals surface area contributed by atoms with Crippen LogP contribution < -0.4 is 0 Å². The third-order valence-corrected chi connectivity index (χ3v) is 1.41. The maximum atomic E-state index is 12.6. The molecule has 0 unspecified atom stereocenters. The lowest BCUT2D eigenvalue weighted by atomic mass is 10.1. The number of carbonyl (C=O) groups excluding carboxylic acids is 1. The van der Waals surface area contributed by atoms with Crippen molar-refractivity contribution in [3.05, 3.63) is 35.6 Å². The summed E-state index contributed by atoms with van der Waals surface area (Å²) in [5.41, 5.74) is 0.609. The summed E-state index contributed by atoms with van der Waals surface area (Å²) in [6, 6.07) is 5.84. The van der Waals surface area contributed by atoms with Crippen molar-refractivity contribution in [2.75, 3.05) is 0 Å². The van der Waals surface area contributed by atoms with Gasteiger partial charge in [-0.15, -0.1) is 6.42 Å². The highest BCUT2D eigenvalue weighted by Crippen LogP contribution is 2.04. The number of benzene rings is 1. The molecule has 0 amide bonds. The molecule has 0 spiro atoms. The zero-order valence-corrected chi connectivity index (χ0v) is 6.38. The highest BCUT2D eigenvalue weighted by molar-refractivity contribution is 5.96. The molecule has 1 nitrogen and oxygen atoms in total. The van der Waals surface area contributed by atoms with Crippen LogP contribution in [0.5, 0.6) is 0 Å². The maximum absolute atomic E-state index is 12.6. The van der Waals surface area contributed by atoms with Gasteiger partial charge in [-0.1, -0.05) is 12.1 Å². The van der Waals surface area contributed by atoms with Gasteiger partial charge in [0, 0.05) is 6.42 Å². The van der Waals surface area contributed by atoms with E-state index in [4.69, 9.17) is 6.42 Å². The molecular formula is C10H7FO. The second kappa shape index (κ2) is 3.68. The fourth-order valence-electron chi connectivity index (χ4n) is 0.883. The zero-order valence-electron chi connectivity index (χ0n) is 6.38. The van der Waals surface area contributed by atoms with Crippen molar-refractivity contribution in [2.45, 2.75) is 6.42 Å². The summed E-state index contributed by atoms with van der Waals surface area (Å²) in [6.45, 7) is 0. The summed E-state index contributed by atoms with van der Waals surface area (Å²) in [7, 11) is 0. The van der Waals surface area contributed by atoms with Crippen LogP contribution in [0.2, 0.25) is 0 Å². The van der Waals surface area contributed by atoms with Crippen LogP contribution in [0.4, 0.5) is 4.39 Å². The van der Waals surface area contributed by atoms with Gasteiger partial charge < -0.3 is 0 Å². The number of ketones is 1. The molecule has 0 heterocycles. The molecule has 1 rings (SSSR count). The minimum atomic E-state index is -0.350. The number of hydrogen-bond acceptors (Lipinski definition) is 1. The molecule has 0 aliphatic heterocycles. The molecule has 2 heteroatoms. The van der Waals surface area contributed by atoms with Gasteiger partial charge in [0.25, 0.3) is 0 Å². The Labute approximate surface area is 70.2 Å². The Morgan fingerprint density at radius 3 is 2.92 bits per heavy atom. The molecule has 1 aromatic rings. The van der Waals surface area contributed by atoms with Crippen molar-refractivity contribution in [1.29, 1.82) is 0 Å². The highest BCUT2D eigenvalue weighted by Gasteiger charge is 1.99. The molecule has 0 saturated carbocycles. The Hall–Kier alpha value is -1.62. The predicted octanol–water partition coefficient (Wildman–Crippen LogP) is 1.57. The van der Waals surface area contributed by atoms with Gasteiger partial charge in [-0.3, -0.25) is 4.79 Å². The molecule has 0 fully saturated rings. The van der Waals surface area contributed by atoms with Crippen LogP contribution in [0.15, 0.2) is 24.3 Å². The summed E-state index contributed by atoms with van der Waals surface area (Å²) in [4.78, 5) is 10.7. The quantitative estimate of drug-likeness (QED) is 0.476. The van der Waals surface area contributed by atoms with Gasteiger partial charge in [0.1, 0.15) is 5.82 Å². The van der Waals surface area contributed by atoms with Gasteiger partial charge in [0.2, 0.25) is 5.78 Å². The van der Waals surface area contributed by atoms with Gasteiger partial charge in [-0.2, -0.15) is 0 Å². The first kappa shape index (κ1) is 8.48. The van der Waals surface area contributed by atoms with E-state index < -0.39 is 0 Å². The molecule has 0 aliphatic rings. The van der Waals surface area contributed by atoms with E-state index in [9.17, 15) is 9.18 Å². The van der Waals surface area contributed by atoms with E-state index in [2.05, 4.69) is 0 Å². The molecule has 0 saturated heterocycles. The molecule has 0 aliphatic carbocycles. The smallest absolute Gasteiger partial charge is 0.209 e. The average Bonchev–Trinajstić information content (AvgIpc) is 2.04. The Bertz CT molecular complexity index is 336. The van der Waals surface area contributed by atoms with Gasteiger partial charge in [0.15, 0.2) is 0 Å². The number of carbonyl (C=O) groups is 1. The highest BCUT2D eigenvalue weighted by atomic mass is 19.1. The molecule has 60 valence electrons. The molecule has 12 heavy (non-hydrogen) atoms. The largest absolute Gasteiger partial charge is 0.285 e. The zero-order chi connectivity index (χ0) is 8.97. The fraction of sp³-hybridized carbons (Fsp3) is 0.100. The normalized spacial score (nSPS) is 9.00. The van der Waals surface area contributed by atoms with Crippen LogP contribution in [-0.2, 0) is 11.2 Å². The Kier molecular flexibility index (Phi) is 2.60. The van der Waals surface area contributed by atoms with E-state index in [0.29, 0.717) is 5.56 Å². The van der Waals surface area contributed by atoms with E-state index in [1.807, 2.05) is 5.92 Å². The SMILES string of the molecule is C#CC(=O)Cc1cccc(F)c1. The lowest BCUT2D eigenvalue weighted by Crippen LogP contribution is -1.98. The topological polar surface area (TPSA) is 17.1 Å². The fourth-order valence-corrected chi connectivity index (χ4v) is 0.883. The van der Waals surface area contributed by atoms with E-state index in [1.165, 1.54) is 12.1 Å². The van der Waals surface area contributed by atoms with Gasteiger partial charge in [-0.25, -0.2) is 4.39 Å². The van der Waals surface area contributed by atoms with Gasteiger partial charge in [-0.05, 0) is 23.6 Å². The van der Waals surface area contributed by atoms with Crippen LogP contribution in [0.1, 0.15) is 5.56 Å². The first-order valence-electron chi connectivity index (χ1n) is 3.46. The summed E-state index contributed by atoms with van der Waals surface area (Å²) in [5.74, 6) is 1.29. The van der Waals surface area contributed by atoms with Crippen molar-refractivity contribution in [3.63, 3.8) is 0 Å². The summed E-state index contributed by atoms with van der Waals surface area (Å²) in [6.07, 6.45) is 4.97. The number of rotatable bonds is 2. The summed E-state index contributed by atoms with van der Waals surface area (Å²) in [5, 5.41) is 0. The maximum Gasteiger partial charge on any atom is 0.209 e. The predicted molar refractivity (Wildman–Crippen MR) is 43.9 cm³/mol. The van der Waals surface area contributed by atoms with Gasteiger partial charge >= 0.3 is 0 Å². The van der Waals surface area contributed by atoms with Crippen LogP contribution in [0.25, 0.3) is 0 Å². The first-order valence-corrected chi connectivity index (χ1v) is 3.46. The minimum absolute atomic E-state index is 0.105. The Morgan fingerprint density at radius 2 is 2.33 bits per heavy atom. The monoisotopic (exact) mass is 162 g/mol. The van der Waals surface area contributed by atoms with E-state index in [1.54, 1.807) is 12.1 Å². The minimum Gasteiger partial charge on any atom is -0.285 e. The van der Waals surface area contributed by atoms with Crippen molar-refractivity contribution in [3.8, 4) is 12.3 Å². The van der Waals surface area contributed by atoms with Crippen molar-refractivity contribution in [1.82, 2.24) is 0 Å². The number of Topliss-reactive ketones (excluding diaryl/α,β-unsaturated/α-hetero) is 1. The van der Waals surface area contributed by atoms with E-state index in [-0.39, 0.29) is 18.0 Å². The second-order valence-electron chi connectivity index (χ2n) is 2.37. The third-order valence-electron chi connectivity index (χ3n) is 1.41. The molecule has 0 radical (unpaired) electrons. The molecule has 0 atom stereocenters. The van der Waals surface area contributed by atoms with Crippen molar-refractivity contribution < 1.29 is 9.18 Å². The molecule has 0 N–H and O–H groups in total. The van der Waals surface area contributed by atoms with Crippen molar-refractivity contribution >= 4 is 5.78 Å². The average molecular weight is 162 g/mol. The first-order chi connectivity index (χ1) is 5.72. The van der Waals surface area contributed by atoms with Crippen molar-refractivity contribution in [2.24, 2.45) is 0 Å². The molecular weight excluding hydrogens is 155 g/mol. The van der Waals surface area contributed by atoms with Crippen LogP contribution in [0, 0.1) is 18.2 Å². The van der Waals surface area contributed by atoms with E-state index in [0.717, 1.165) is 0 Å². The summed E-state index contributed by atoms with van der Waals surface area (Å²) < 4.78 is 12.6. The van der Waals surface area contributed by atoms with Gasteiger partial charge in [0.05, 0.1) is 0 Å². The number of terminal acetylenes is 1. The second-order valence-corrected chi connectivity index (χ2v) is 2.37. The lowest BCUT2D eigenvalue weighted by molar-refractivity contribution is -0.113. The standard InChI is InChI=1S/C10H7FO/c1-2-10(12)7-8-4-3-5-9(11)6-8/h1,3-6H,7H2. The molecule has 0 bridgehead atoms. The number of halogens is 1. The Morgan fingerprint density at radius 1 is 1.58 bits per heavy atom. The van der Waals surface area contributed by atoms with Crippen LogP contribution in [0.3, 0.4) is 0 Å². The third kappa shape index (κ3) is 2.21. The Balaban J connectivity index is 2.78. The molecule has 1 aromatic carbocycles. The summed E-state index contributed by atoms with van der Waals surface area (Å²) >= 11 is 0. The van der Waals surface area contributed by atoms with E-state index >= 15 is 0 Å².